The molecule has 2 aromatic carbocycles. The lowest BCUT2D eigenvalue weighted by Crippen LogP contribution is -2.22. The molecule has 0 aliphatic heterocycles. The maximum absolute atomic E-state index is 12.3. The molecule has 2 aromatic rings. The Bertz CT molecular complexity index is 670. The minimum absolute atomic E-state index is 0.0147. The standard InChI is InChI=1S/C18H21NO2S/c1-12-8-9-13(2)17(10-12)22-14(3)18(20)19-15-6-5-7-16(11-15)21-4/h5-11,14H,1-4H3,(H,19,20). The van der Waals surface area contributed by atoms with E-state index in [0.29, 0.717) is 0 Å². The van der Waals surface area contributed by atoms with Crippen molar-refractivity contribution in [2.24, 2.45) is 0 Å². The van der Waals surface area contributed by atoms with Crippen LogP contribution in [0.1, 0.15) is 18.1 Å². The summed E-state index contributed by atoms with van der Waals surface area (Å²) in [7, 11) is 1.61. The zero-order valence-corrected chi connectivity index (χ0v) is 14.2. The van der Waals surface area contributed by atoms with Crippen LogP contribution in [0.2, 0.25) is 0 Å². The lowest BCUT2D eigenvalue weighted by atomic mass is 10.2. The molecule has 2 rings (SSSR count). The highest BCUT2D eigenvalue weighted by Crippen LogP contribution is 2.28. The molecule has 0 radical (unpaired) electrons. The van der Waals surface area contributed by atoms with Crippen molar-refractivity contribution in [2.45, 2.75) is 30.9 Å². The van der Waals surface area contributed by atoms with E-state index in [-0.39, 0.29) is 11.2 Å². The number of benzene rings is 2. The molecule has 0 aliphatic rings. The summed E-state index contributed by atoms with van der Waals surface area (Å²) < 4.78 is 5.16. The van der Waals surface area contributed by atoms with Crippen LogP contribution in [0, 0.1) is 13.8 Å². The van der Waals surface area contributed by atoms with Crippen LogP contribution < -0.4 is 10.1 Å². The molecule has 0 aromatic heterocycles. The number of thioether (sulfide) groups is 1. The molecule has 1 atom stereocenters. The number of carbonyl (C=O) groups is 1. The molecule has 4 heteroatoms. The molecule has 0 aliphatic carbocycles. The number of ether oxygens (including phenoxy) is 1. The Hall–Kier alpha value is -1.94. The van der Waals surface area contributed by atoms with Crippen LogP contribution in [0.15, 0.2) is 47.4 Å². The third-order valence-electron chi connectivity index (χ3n) is 3.35. The number of anilines is 1. The smallest absolute Gasteiger partial charge is 0.237 e. The summed E-state index contributed by atoms with van der Waals surface area (Å²) in [4.78, 5) is 13.5. The number of hydrogen-bond donors (Lipinski definition) is 1. The lowest BCUT2D eigenvalue weighted by Gasteiger charge is -2.14. The summed E-state index contributed by atoms with van der Waals surface area (Å²) in [5.74, 6) is 0.715. The van der Waals surface area contributed by atoms with Crippen LogP contribution in [-0.2, 0) is 4.79 Å². The molecule has 0 bridgehead atoms. The van der Waals surface area contributed by atoms with E-state index in [1.165, 1.54) is 11.1 Å². The predicted molar refractivity (Wildman–Crippen MR) is 92.9 cm³/mol. The summed E-state index contributed by atoms with van der Waals surface area (Å²) in [6.45, 7) is 6.04. The van der Waals surface area contributed by atoms with E-state index in [4.69, 9.17) is 4.74 Å². The minimum atomic E-state index is -0.174. The molecule has 116 valence electrons. The zero-order chi connectivity index (χ0) is 16.1. The Morgan fingerprint density at radius 3 is 2.68 bits per heavy atom. The van der Waals surface area contributed by atoms with Gasteiger partial charge in [-0.2, -0.15) is 0 Å². The second-order valence-electron chi connectivity index (χ2n) is 5.25. The van der Waals surface area contributed by atoms with Crippen molar-refractivity contribution < 1.29 is 9.53 Å². The Kier molecular flexibility index (Phi) is 5.50. The highest BCUT2D eigenvalue weighted by atomic mass is 32.2. The van der Waals surface area contributed by atoms with Gasteiger partial charge in [-0.1, -0.05) is 23.8 Å². The third-order valence-corrected chi connectivity index (χ3v) is 4.62. The van der Waals surface area contributed by atoms with Crippen molar-refractivity contribution in [3.8, 4) is 5.75 Å². The van der Waals surface area contributed by atoms with E-state index < -0.39 is 0 Å². The number of hydrogen-bond acceptors (Lipinski definition) is 3. The van der Waals surface area contributed by atoms with E-state index in [9.17, 15) is 4.79 Å². The monoisotopic (exact) mass is 315 g/mol. The summed E-state index contributed by atoms with van der Waals surface area (Å²) in [6, 6.07) is 13.7. The van der Waals surface area contributed by atoms with Crippen molar-refractivity contribution in [1.29, 1.82) is 0 Å². The average molecular weight is 315 g/mol. The SMILES string of the molecule is COc1cccc(NC(=O)C(C)Sc2cc(C)ccc2C)c1. The van der Waals surface area contributed by atoms with E-state index in [2.05, 4.69) is 37.4 Å². The van der Waals surface area contributed by atoms with Gasteiger partial charge in [0.2, 0.25) is 5.91 Å². The van der Waals surface area contributed by atoms with Gasteiger partial charge in [0.05, 0.1) is 12.4 Å². The van der Waals surface area contributed by atoms with E-state index in [0.717, 1.165) is 16.3 Å². The van der Waals surface area contributed by atoms with Crippen molar-refractivity contribution in [3.63, 3.8) is 0 Å². The molecule has 0 saturated carbocycles. The molecule has 1 amide bonds. The molecule has 0 saturated heterocycles. The zero-order valence-electron chi connectivity index (χ0n) is 13.3. The van der Waals surface area contributed by atoms with Gasteiger partial charge >= 0.3 is 0 Å². The van der Waals surface area contributed by atoms with Gasteiger partial charge in [0, 0.05) is 16.6 Å². The first-order chi connectivity index (χ1) is 10.5. The minimum Gasteiger partial charge on any atom is -0.497 e. The van der Waals surface area contributed by atoms with Gasteiger partial charge in [-0.15, -0.1) is 11.8 Å². The Balaban J connectivity index is 2.04. The maximum atomic E-state index is 12.3. The topological polar surface area (TPSA) is 38.3 Å². The second kappa shape index (κ2) is 7.36. The molecule has 0 fully saturated rings. The van der Waals surface area contributed by atoms with Gasteiger partial charge in [-0.05, 0) is 44.5 Å². The lowest BCUT2D eigenvalue weighted by molar-refractivity contribution is -0.115. The first kappa shape index (κ1) is 16.4. The van der Waals surface area contributed by atoms with Crippen LogP contribution >= 0.6 is 11.8 Å². The quantitative estimate of drug-likeness (QED) is 0.829. The number of amides is 1. The molecule has 0 heterocycles. The summed E-state index contributed by atoms with van der Waals surface area (Å²) >= 11 is 1.58. The van der Waals surface area contributed by atoms with Gasteiger partial charge in [0.15, 0.2) is 0 Å². The fraction of sp³-hybridized carbons (Fsp3) is 0.278. The molecular formula is C18H21NO2S. The van der Waals surface area contributed by atoms with Crippen LogP contribution in [-0.4, -0.2) is 18.3 Å². The van der Waals surface area contributed by atoms with Crippen molar-refractivity contribution in [3.05, 3.63) is 53.6 Å². The van der Waals surface area contributed by atoms with Crippen molar-refractivity contribution in [1.82, 2.24) is 0 Å². The number of rotatable bonds is 5. The average Bonchev–Trinajstić information content (AvgIpc) is 2.51. The van der Waals surface area contributed by atoms with Gasteiger partial charge in [0.25, 0.3) is 0 Å². The van der Waals surface area contributed by atoms with E-state index >= 15 is 0 Å². The van der Waals surface area contributed by atoms with Crippen LogP contribution in [0.4, 0.5) is 5.69 Å². The Morgan fingerprint density at radius 1 is 1.18 bits per heavy atom. The highest BCUT2D eigenvalue weighted by molar-refractivity contribution is 8.00. The van der Waals surface area contributed by atoms with Crippen LogP contribution in [0.3, 0.4) is 0 Å². The summed E-state index contributed by atoms with van der Waals surface area (Å²) in [5.41, 5.74) is 3.14. The number of nitrogens with one attached hydrogen (secondary N) is 1. The fourth-order valence-electron chi connectivity index (χ4n) is 2.02. The summed E-state index contributed by atoms with van der Waals surface area (Å²) in [6.07, 6.45) is 0. The largest absolute Gasteiger partial charge is 0.497 e. The van der Waals surface area contributed by atoms with E-state index in [1.807, 2.05) is 31.2 Å². The van der Waals surface area contributed by atoms with Crippen molar-refractivity contribution >= 4 is 23.4 Å². The third kappa shape index (κ3) is 4.28. The number of methoxy groups -OCH3 is 1. The van der Waals surface area contributed by atoms with Gasteiger partial charge < -0.3 is 10.1 Å². The van der Waals surface area contributed by atoms with Crippen molar-refractivity contribution in [2.75, 3.05) is 12.4 Å². The van der Waals surface area contributed by atoms with Gasteiger partial charge in [0.1, 0.15) is 5.75 Å². The van der Waals surface area contributed by atoms with Gasteiger partial charge in [-0.3, -0.25) is 4.79 Å². The fourth-order valence-corrected chi connectivity index (χ4v) is 3.08. The first-order valence-electron chi connectivity index (χ1n) is 7.18. The first-order valence-corrected chi connectivity index (χ1v) is 8.06. The molecule has 1 N–H and O–H groups in total. The Labute approximate surface area is 136 Å². The molecular weight excluding hydrogens is 294 g/mol. The van der Waals surface area contributed by atoms with Crippen LogP contribution in [0.25, 0.3) is 0 Å². The normalized spacial score (nSPS) is 11.8. The Morgan fingerprint density at radius 2 is 1.95 bits per heavy atom. The van der Waals surface area contributed by atoms with Gasteiger partial charge in [-0.25, -0.2) is 0 Å². The highest BCUT2D eigenvalue weighted by Gasteiger charge is 2.16. The molecule has 3 nitrogen and oxygen atoms in total. The molecule has 0 spiro atoms. The number of aryl methyl sites for hydroxylation is 2. The van der Waals surface area contributed by atoms with E-state index in [1.54, 1.807) is 18.9 Å². The molecule has 22 heavy (non-hydrogen) atoms. The van der Waals surface area contributed by atoms with Crippen LogP contribution in [0.5, 0.6) is 5.75 Å². The predicted octanol–water partition coefficient (Wildman–Crippen LogP) is 4.43. The second-order valence-corrected chi connectivity index (χ2v) is 6.63. The molecule has 1 unspecified atom stereocenters. The number of carbonyl (C=O) groups excluding carboxylic acids is 1. The summed E-state index contributed by atoms with van der Waals surface area (Å²) in [5, 5.41) is 2.76. The maximum Gasteiger partial charge on any atom is 0.237 e.